The van der Waals surface area contributed by atoms with Gasteiger partial charge in [0.1, 0.15) is 11.8 Å². The van der Waals surface area contributed by atoms with Crippen molar-refractivity contribution in [3.8, 4) is 5.75 Å². The maximum absolute atomic E-state index is 13.3. The van der Waals surface area contributed by atoms with Crippen LogP contribution in [0, 0.1) is 0 Å². The zero-order chi connectivity index (χ0) is 23.7. The number of nitrogens with one attached hydrogen (secondary N) is 1. The molecule has 7 heteroatoms. The largest absolute Gasteiger partial charge is 0.494 e. The molecule has 32 heavy (non-hydrogen) atoms. The average Bonchev–Trinajstić information content (AvgIpc) is 2.72. The summed E-state index contributed by atoms with van der Waals surface area (Å²) in [6, 6.07) is 14.0. The minimum Gasteiger partial charge on any atom is -0.494 e. The molecule has 5 nitrogen and oxygen atoms in total. The van der Waals surface area contributed by atoms with Gasteiger partial charge in [-0.3, -0.25) is 9.59 Å². The monoisotopic (exact) mass is 478 g/mol. The van der Waals surface area contributed by atoms with Crippen molar-refractivity contribution in [1.29, 1.82) is 0 Å². The van der Waals surface area contributed by atoms with Crippen LogP contribution in [0.2, 0.25) is 10.0 Å². The van der Waals surface area contributed by atoms with E-state index in [-0.39, 0.29) is 24.8 Å². The quantitative estimate of drug-likeness (QED) is 0.434. The van der Waals surface area contributed by atoms with Crippen LogP contribution in [0.25, 0.3) is 0 Å². The van der Waals surface area contributed by atoms with Crippen molar-refractivity contribution in [2.24, 2.45) is 0 Å². The van der Waals surface area contributed by atoms with Crippen molar-refractivity contribution in [3.05, 3.63) is 64.1 Å². The zero-order valence-electron chi connectivity index (χ0n) is 19.2. The Morgan fingerprint density at radius 1 is 1.03 bits per heavy atom. The van der Waals surface area contributed by atoms with E-state index in [9.17, 15) is 9.59 Å². The van der Waals surface area contributed by atoms with Crippen LogP contribution in [0.4, 0.5) is 0 Å². The Hall–Kier alpha value is -2.24. The molecule has 0 aliphatic rings. The van der Waals surface area contributed by atoms with E-state index in [1.807, 2.05) is 58.0 Å². The molecule has 0 radical (unpaired) electrons. The third kappa shape index (κ3) is 8.03. The Bertz CT molecular complexity index is 878. The van der Waals surface area contributed by atoms with Gasteiger partial charge in [-0.05, 0) is 57.9 Å². The lowest BCUT2D eigenvalue weighted by Gasteiger charge is -2.33. The Kier molecular flexibility index (Phi) is 9.85. The molecule has 0 aliphatic carbocycles. The van der Waals surface area contributed by atoms with Crippen molar-refractivity contribution < 1.29 is 14.3 Å². The van der Waals surface area contributed by atoms with Crippen molar-refractivity contribution in [1.82, 2.24) is 10.2 Å². The number of halogens is 2. The number of ether oxygens (including phenoxy) is 1. The standard InChI is InChI=1S/C25H32Cl2N2O3/c1-5-22(24(31)28-25(2,3)4)29(17-19-20(26)13-9-14-21(19)27)23(30)15-10-16-32-18-11-7-6-8-12-18/h6-9,11-14,22H,5,10,15-17H2,1-4H3,(H,28,31)/t22-/m0/s1. The molecule has 0 bridgehead atoms. The van der Waals surface area contributed by atoms with Gasteiger partial charge in [-0.25, -0.2) is 0 Å². The second-order valence-corrected chi connectivity index (χ2v) is 9.46. The predicted molar refractivity (Wildman–Crippen MR) is 130 cm³/mol. The first-order valence-corrected chi connectivity index (χ1v) is 11.6. The van der Waals surface area contributed by atoms with Crippen molar-refractivity contribution in [2.75, 3.05) is 6.61 Å². The fraction of sp³-hybridized carbons (Fsp3) is 0.440. The molecule has 2 rings (SSSR count). The molecule has 0 saturated carbocycles. The summed E-state index contributed by atoms with van der Waals surface area (Å²) in [6.45, 7) is 8.19. The molecule has 2 aromatic rings. The lowest BCUT2D eigenvalue weighted by atomic mass is 10.0. The summed E-state index contributed by atoms with van der Waals surface area (Å²) in [7, 11) is 0. The van der Waals surface area contributed by atoms with E-state index in [0.29, 0.717) is 35.1 Å². The fourth-order valence-corrected chi connectivity index (χ4v) is 3.82. The number of carbonyl (C=O) groups is 2. The highest BCUT2D eigenvalue weighted by Crippen LogP contribution is 2.27. The summed E-state index contributed by atoms with van der Waals surface area (Å²) >= 11 is 12.7. The van der Waals surface area contributed by atoms with E-state index in [1.165, 1.54) is 0 Å². The number of hydrogen-bond acceptors (Lipinski definition) is 3. The lowest BCUT2D eigenvalue weighted by molar-refractivity contribution is -0.142. The minimum absolute atomic E-state index is 0.145. The lowest BCUT2D eigenvalue weighted by Crippen LogP contribution is -2.53. The fourth-order valence-electron chi connectivity index (χ4n) is 3.30. The van der Waals surface area contributed by atoms with E-state index in [4.69, 9.17) is 27.9 Å². The van der Waals surface area contributed by atoms with Crippen molar-refractivity contribution >= 4 is 35.0 Å². The van der Waals surface area contributed by atoms with Gasteiger partial charge >= 0.3 is 0 Å². The molecule has 0 heterocycles. The van der Waals surface area contributed by atoms with E-state index in [0.717, 1.165) is 5.75 Å². The SMILES string of the molecule is CC[C@@H](C(=O)NC(C)(C)C)N(Cc1c(Cl)cccc1Cl)C(=O)CCCOc1ccccc1. The summed E-state index contributed by atoms with van der Waals surface area (Å²) in [4.78, 5) is 27.9. The summed E-state index contributed by atoms with van der Waals surface area (Å²) in [5.74, 6) is 0.418. The highest BCUT2D eigenvalue weighted by atomic mass is 35.5. The Labute approximate surface area is 201 Å². The van der Waals surface area contributed by atoms with Gasteiger partial charge in [-0.15, -0.1) is 0 Å². The molecular weight excluding hydrogens is 447 g/mol. The molecule has 2 amide bonds. The Morgan fingerprint density at radius 3 is 2.22 bits per heavy atom. The Balaban J connectivity index is 2.16. The second kappa shape index (κ2) is 12.1. The molecule has 1 N–H and O–H groups in total. The minimum atomic E-state index is -0.635. The number of amides is 2. The maximum atomic E-state index is 13.3. The summed E-state index contributed by atoms with van der Waals surface area (Å²) < 4.78 is 5.70. The molecule has 174 valence electrons. The van der Waals surface area contributed by atoms with Crippen LogP contribution >= 0.6 is 23.2 Å². The van der Waals surface area contributed by atoms with E-state index >= 15 is 0 Å². The van der Waals surface area contributed by atoms with Crippen LogP contribution in [0.15, 0.2) is 48.5 Å². The van der Waals surface area contributed by atoms with Gasteiger partial charge in [-0.2, -0.15) is 0 Å². The molecule has 1 atom stereocenters. The first kappa shape index (κ1) is 26.0. The van der Waals surface area contributed by atoms with Gasteiger partial charge in [0.15, 0.2) is 0 Å². The van der Waals surface area contributed by atoms with Crippen molar-refractivity contribution in [2.45, 2.75) is 65.1 Å². The number of nitrogens with zero attached hydrogens (tertiary/aromatic N) is 1. The first-order valence-electron chi connectivity index (χ1n) is 10.8. The van der Waals surface area contributed by atoms with Crippen LogP contribution < -0.4 is 10.1 Å². The van der Waals surface area contributed by atoms with Crippen LogP contribution in [0.3, 0.4) is 0 Å². The summed E-state index contributed by atoms with van der Waals surface area (Å²) in [5, 5.41) is 3.92. The third-order valence-corrected chi connectivity index (χ3v) is 5.53. The third-order valence-electron chi connectivity index (χ3n) is 4.82. The van der Waals surface area contributed by atoms with Gasteiger partial charge in [0.25, 0.3) is 0 Å². The van der Waals surface area contributed by atoms with E-state index < -0.39 is 11.6 Å². The highest BCUT2D eigenvalue weighted by molar-refractivity contribution is 6.36. The predicted octanol–water partition coefficient (Wildman–Crippen LogP) is 5.87. The molecule has 0 aliphatic heterocycles. The molecule has 0 aromatic heterocycles. The van der Waals surface area contributed by atoms with Crippen LogP contribution in [0.1, 0.15) is 52.5 Å². The smallest absolute Gasteiger partial charge is 0.243 e. The zero-order valence-corrected chi connectivity index (χ0v) is 20.7. The van der Waals surface area contributed by atoms with Crippen LogP contribution in [0.5, 0.6) is 5.75 Å². The second-order valence-electron chi connectivity index (χ2n) is 8.65. The van der Waals surface area contributed by atoms with Gasteiger partial charge in [-0.1, -0.05) is 54.4 Å². The normalized spacial score (nSPS) is 12.2. The molecule has 0 spiro atoms. The van der Waals surface area contributed by atoms with Crippen molar-refractivity contribution in [3.63, 3.8) is 0 Å². The Morgan fingerprint density at radius 2 is 1.66 bits per heavy atom. The summed E-state index contributed by atoms with van der Waals surface area (Å²) in [5.41, 5.74) is 0.219. The van der Waals surface area contributed by atoms with E-state index in [1.54, 1.807) is 23.1 Å². The van der Waals surface area contributed by atoms with Gasteiger partial charge in [0, 0.05) is 34.1 Å². The van der Waals surface area contributed by atoms with Crippen LogP contribution in [-0.4, -0.2) is 34.9 Å². The van der Waals surface area contributed by atoms with Gasteiger partial charge < -0.3 is 15.0 Å². The van der Waals surface area contributed by atoms with Gasteiger partial charge in [0.2, 0.25) is 11.8 Å². The number of para-hydroxylation sites is 1. The first-order chi connectivity index (χ1) is 15.1. The average molecular weight is 479 g/mol. The maximum Gasteiger partial charge on any atom is 0.243 e. The summed E-state index contributed by atoms with van der Waals surface area (Å²) in [6.07, 6.45) is 1.24. The topological polar surface area (TPSA) is 58.6 Å². The highest BCUT2D eigenvalue weighted by Gasteiger charge is 2.31. The molecule has 0 fully saturated rings. The van der Waals surface area contributed by atoms with Crippen LogP contribution in [-0.2, 0) is 16.1 Å². The van der Waals surface area contributed by atoms with E-state index in [2.05, 4.69) is 5.32 Å². The molecular formula is C25H32Cl2N2O3. The number of benzene rings is 2. The van der Waals surface area contributed by atoms with Gasteiger partial charge in [0.05, 0.1) is 6.61 Å². The number of hydrogen-bond donors (Lipinski definition) is 1. The number of rotatable bonds is 10. The molecule has 2 aromatic carbocycles. The molecule has 0 unspecified atom stereocenters. The number of carbonyl (C=O) groups excluding carboxylic acids is 2. The molecule has 0 saturated heterocycles.